The lowest BCUT2D eigenvalue weighted by molar-refractivity contribution is 0.208. The van der Waals surface area contributed by atoms with E-state index in [0.29, 0.717) is 24.7 Å². The second kappa shape index (κ2) is 7.12. The first-order chi connectivity index (χ1) is 11.6. The summed E-state index contributed by atoms with van der Waals surface area (Å²) >= 11 is 0. The molecule has 24 heavy (non-hydrogen) atoms. The van der Waals surface area contributed by atoms with Gasteiger partial charge in [-0.2, -0.15) is 0 Å². The van der Waals surface area contributed by atoms with Crippen molar-refractivity contribution in [3.8, 4) is 0 Å². The van der Waals surface area contributed by atoms with E-state index < -0.39 is 0 Å². The zero-order chi connectivity index (χ0) is 16.9. The number of aromatic nitrogens is 3. The van der Waals surface area contributed by atoms with E-state index >= 15 is 0 Å². The van der Waals surface area contributed by atoms with E-state index in [4.69, 9.17) is 0 Å². The van der Waals surface area contributed by atoms with E-state index in [0.717, 1.165) is 18.9 Å². The minimum atomic E-state index is -0.108. The zero-order valence-electron chi connectivity index (χ0n) is 13.9. The maximum Gasteiger partial charge on any atom is 0.322 e. The Morgan fingerprint density at radius 1 is 1.08 bits per heavy atom. The van der Waals surface area contributed by atoms with Crippen LogP contribution in [0.4, 0.5) is 22.2 Å². The highest BCUT2D eigenvalue weighted by atomic mass is 16.2. The van der Waals surface area contributed by atoms with Gasteiger partial charge in [-0.25, -0.2) is 19.7 Å². The number of urea groups is 1. The fourth-order valence-corrected chi connectivity index (χ4v) is 2.49. The first-order valence-electron chi connectivity index (χ1n) is 7.85. The lowest BCUT2D eigenvalue weighted by Gasteiger charge is -2.34. The van der Waals surface area contributed by atoms with Gasteiger partial charge in [0, 0.05) is 52.7 Å². The molecule has 3 heterocycles. The van der Waals surface area contributed by atoms with Crippen LogP contribution in [0, 0.1) is 0 Å². The van der Waals surface area contributed by atoms with Crippen molar-refractivity contribution in [2.75, 3.05) is 55.4 Å². The number of hydrogen-bond donors (Lipinski definition) is 1. The highest BCUT2D eigenvalue weighted by Crippen LogP contribution is 2.14. The Balaban J connectivity index is 1.53. The van der Waals surface area contributed by atoms with Crippen molar-refractivity contribution in [3.05, 3.63) is 36.8 Å². The molecule has 0 aromatic carbocycles. The van der Waals surface area contributed by atoms with Gasteiger partial charge in [0.1, 0.15) is 5.82 Å². The molecule has 0 atom stereocenters. The second-order valence-corrected chi connectivity index (χ2v) is 5.75. The zero-order valence-corrected chi connectivity index (χ0v) is 13.9. The topological polar surface area (TPSA) is 77.5 Å². The van der Waals surface area contributed by atoms with Crippen molar-refractivity contribution >= 4 is 23.5 Å². The first-order valence-corrected chi connectivity index (χ1v) is 7.85. The van der Waals surface area contributed by atoms with Crippen LogP contribution in [0.2, 0.25) is 0 Å². The fraction of sp³-hybridized carbons (Fsp3) is 0.375. The van der Waals surface area contributed by atoms with Crippen LogP contribution in [0.25, 0.3) is 0 Å². The third-order valence-corrected chi connectivity index (χ3v) is 3.86. The molecule has 0 saturated carbocycles. The minimum Gasteiger partial charge on any atom is -0.363 e. The predicted molar refractivity (Wildman–Crippen MR) is 93.4 cm³/mol. The van der Waals surface area contributed by atoms with Crippen molar-refractivity contribution < 1.29 is 4.79 Å². The summed E-state index contributed by atoms with van der Waals surface area (Å²) in [6.07, 6.45) is 5.12. The molecule has 0 spiro atoms. The summed E-state index contributed by atoms with van der Waals surface area (Å²) in [6, 6.07) is 5.42. The van der Waals surface area contributed by atoms with Crippen molar-refractivity contribution in [1.82, 2.24) is 19.9 Å². The number of nitrogens with one attached hydrogen (secondary N) is 1. The first kappa shape index (κ1) is 16.0. The second-order valence-electron chi connectivity index (χ2n) is 5.75. The van der Waals surface area contributed by atoms with E-state index in [1.54, 1.807) is 29.6 Å². The SMILES string of the molecule is CN(C)c1ccc(NC(=O)N2CCN(c3ncccn3)CC2)cn1. The Labute approximate surface area is 141 Å². The standard InChI is InChI=1S/C16H21N7O/c1-21(2)14-5-4-13(12-19-14)20-16(24)23-10-8-22(9-11-23)15-17-6-3-7-18-15/h3-7,12H,8-11H2,1-2H3,(H,20,24). The van der Waals surface area contributed by atoms with Crippen molar-refractivity contribution in [1.29, 1.82) is 0 Å². The molecule has 0 unspecified atom stereocenters. The van der Waals surface area contributed by atoms with Crippen LogP contribution in [-0.4, -0.2) is 66.2 Å². The normalized spacial score (nSPS) is 14.4. The molecule has 1 aliphatic rings. The smallest absolute Gasteiger partial charge is 0.322 e. The van der Waals surface area contributed by atoms with Gasteiger partial charge in [-0.05, 0) is 18.2 Å². The Morgan fingerprint density at radius 3 is 2.38 bits per heavy atom. The minimum absolute atomic E-state index is 0.108. The largest absolute Gasteiger partial charge is 0.363 e. The molecule has 2 amide bonds. The molecule has 0 aliphatic carbocycles. The number of carbonyl (C=O) groups excluding carboxylic acids is 1. The van der Waals surface area contributed by atoms with Crippen molar-refractivity contribution in [3.63, 3.8) is 0 Å². The van der Waals surface area contributed by atoms with Gasteiger partial charge in [0.05, 0.1) is 11.9 Å². The Kier molecular flexibility index (Phi) is 4.74. The van der Waals surface area contributed by atoms with Gasteiger partial charge < -0.3 is 20.0 Å². The molecule has 2 aromatic rings. The van der Waals surface area contributed by atoms with Crippen LogP contribution in [-0.2, 0) is 0 Å². The third kappa shape index (κ3) is 3.70. The highest BCUT2D eigenvalue weighted by Gasteiger charge is 2.22. The van der Waals surface area contributed by atoms with E-state index in [-0.39, 0.29) is 6.03 Å². The lowest BCUT2D eigenvalue weighted by atomic mass is 10.3. The number of nitrogens with zero attached hydrogens (tertiary/aromatic N) is 6. The molecule has 8 nitrogen and oxygen atoms in total. The average Bonchev–Trinajstić information content (AvgIpc) is 2.63. The van der Waals surface area contributed by atoms with Crippen LogP contribution < -0.4 is 15.1 Å². The number of piperazine rings is 1. The molecule has 1 fully saturated rings. The quantitative estimate of drug-likeness (QED) is 0.915. The number of rotatable bonds is 3. The molecule has 0 bridgehead atoms. The Morgan fingerprint density at radius 2 is 1.79 bits per heavy atom. The molecule has 126 valence electrons. The van der Waals surface area contributed by atoms with Crippen LogP contribution in [0.5, 0.6) is 0 Å². The highest BCUT2D eigenvalue weighted by molar-refractivity contribution is 5.89. The molecule has 0 radical (unpaired) electrons. The summed E-state index contributed by atoms with van der Waals surface area (Å²) in [4.78, 5) is 30.9. The number of anilines is 3. The monoisotopic (exact) mass is 327 g/mol. The summed E-state index contributed by atoms with van der Waals surface area (Å²) in [7, 11) is 3.85. The summed E-state index contributed by atoms with van der Waals surface area (Å²) in [6.45, 7) is 2.70. The summed E-state index contributed by atoms with van der Waals surface area (Å²) in [5.74, 6) is 1.56. The maximum absolute atomic E-state index is 12.4. The summed E-state index contributed by atoms with van der Waals surface area (Å²) < 4.78 is 0. The van der Waals surface area contributed by atoms with Gasteiger partial charge in [0.2, 0.25) is 5.95 Å². The van der Waals surface area contributed by atoms with Gasteiger partial charge in [0.15, 0.2) is 0 Å². The average molecular weight is 327 g/mol. The van der Waals surface area contributed by atoms with Crippen molar-refractivity contribution in [2.24, 2.45) is 0 Å². The number of hydrogen-bond acceptors (Lipinski definition) is 6. The third-order valence-electron chi connectivity index (χ3n) is 3.86. The van der Waals surface area contributed by atoms with E-state index in [1.807, 2.05) is 31.1 Å². The molecular formula is C16H21N7O. The summed E-state index contributed by atoms with van der Waals surface area (Å²) in [5, 5.41) is 2.89. The molecule has 3 rings (SSSR count). The van der Waals surface area contributed by atoms with Crippen LogP contribution in [0.3, 0.4) is 0 Å². The fourth-order valence-electron chi connectivity index (χ4n) is 2.49. The number of amides is 2. The van der Waals surface area contributed by atoms with E-state index in [9.17, 15) is 4.79 Å². The Hall–Kier alpha value is -2.90. The lowest BCUT2D eigenvalue weighted by Crippen LogP contribution is -2.50. The van der Waals surface area contributed by atoms with Gasteiger partial charge in [-0.1, -0.05) is 0 Å². The van der Waals surface area contributed by atoms with E-state index in [1.165, 1.54) is 0 Å². The Bertz CT molecular complexity index is 667. The summed E-state index contributed by atoms with van der Waals surface area (Å²) in [5.41, 5.74) is 0.694. The molecular weight excluding hydrogens is 306 g/mol. The van der Waals surface area contributed by atoms with Crippen LogP contribution in [0.1, 0.15) is 0 Å². The van der Waals surface area contributed by atoms with Crippen molar-refractivity contribution in [2.45, 2.75) is 0 Å². The van der Waals surface area contributed by atoms with Crippen LogP contribution >= 0.6 is 0 Å². The molecule has 1 aliphatic heterocycles. The van der Waals surface area contributed by atoms with Gasteiger partial charge in [0.25, 0.3) is 0 Å². The van der Waals surface area contributed by atoms with E-state index in [2.05, 4.69) is 25.2 Å². The molecule has 1 N–H and O–H groups in total. The molecule has 2 aromatic heterocycles. The van der Waals surface area contributed by atoms with Gasteiger partial charge in [-0.3, -0.25) is 0 Å². The predicted octanol–water partition coefficient (Wildman–Crippen LogP) is 1.29. The van der Waals surface area contributed by atoms with Gasteiger partial charge in [-0.15, -0.1) is 0 Å². The van der Waals surface area contributed by atoms with Crippen LogP contribution in [0.15, 0.2) is 36.8 Å². The number of carbonyl (C=O) groups is 1. The van der Waals surface area contributed by atoms with Gasteiger partial charge >= 0.3 is 6.03 Å². The number of pyridine rings is 1. The molecule has 8 heteroatoms. The molecule has 1 saturated heterocycles. The maximum atomic E-state index is 12.4.